The molecule has 4 rings (SSSR count). The van der Waals surface area contributed by atoms with Crippen molar-refractivity contribution in [3.8, 4) is 23.0 Å². The van der Waals surface area contributed by atoms with Gasteiger partial charge in [-0.1, -0.05) is 23.6 Å². The number of fused-ring (bicyclic) bond motifs is 1. The number of carboxylic acid groups (broad SMARTS) is 1. The molecule has 42 heavy (non-hydrogen) atoms. The SMILES string of the molecule is Cn1nc(N)c2c(Cl)ccc(-c3ccc(C#CC(C)(C)C)nc3C(Cc3cc(F)cc(F)c3)N(C(=O)O)C(C)(C)C)c21. The molecule has 0 fully saturated rings. The zero-order valence-corrected chi connectivity index (χ0v) is 25.4. The van der Waals surface area contributed by atoms with Gasteiger partial charge in [-0.3, -0.25) is 9.58 Å². The molecule has 0 aliphatic carbocycles. The standard InChI is InChI=1S/C32H34ClF2N5O2/c1-31(2,3)13-12-21-8-9-22(23-10-11-24(33)26-28(23)39(7)38-29(26)36)27(37-21)25(40(30(41)42)32(4,5)6)16-18-14-19(34)17-20(35)15-18/h8-11,14-15,17,25H,16H2,1-7H3,(H2,36,38)(H,41,42). The van der Waals surface area contributed by atoms with Crippen LogP contribution in [0.15, 0.2) is 42.5 Å². The fourth-order valence-corrected chi connectivity index (χ4v) is 5.30. The van der Waals surface area contributed by atoms with Crippen LogP contribution >= 0.6 is 11.6 Å². The van der Waals surface area contributed by atoms with Crippen LogP contribution in [0.4, 0.5) is 19.4 Å². The summed E-state index contributed by atoms with van der Waals surface area (Å²) < 4.78 is 30.2. The van der Waals surface area contributed by atoms with Crippen molar-refractivity contribution in [2.45, 2.75) is 59.5 Å². The van der Waals surface area contributed by atoms with E-state index < -0.39 is 29.3 Å². The molecule has 0 saturated carbocycles. The third-order valence-electron chi connectivity index (χ3n) is 6.65. The third kappa shape index (κ3) is 6.50. The average Bonchev–Trinajstić information content (AvgIpc) is 3.15. The molecule has 4 aromatic rings. The van der Waals surface area contributed by atoms with E-state index >= 15 is 0 Å². The third-order valence-corrected chi connectivity index (χ3v) is 6.97. The number of anilines is 1. The lowest BCUT2D eigenvalue weighted by atomic mass is 9.90. The van der Waals surface area contributed by atoms with Crippen LogP contribution in [0.25, 0.3) is 22.0 Å². The Bertz CT molecular complexity index is 1720. The molecular formula is C32H34ClF2N5O2. The minimum atomic E-state index is -1.21. The lowest BCUT2D eigenvalue weighted by Gasteiger charge is -2.40. The number of nitrogen functional groups attached to an aromatic ring is 1. The van der Waals surface area contributed by atoms with Gasteiger partial charge in [-0.05, 0) is 89.8 Å². The summed E-state index contributed by atoms with van der Waals surface area (Å²) >= 11 is 6.51. The molecular weight excluding hydrogens is 560 g/mol. The van der Waals surface area contributed by atoms with Crippen molar-refractivity contribution >= 4 is 34.4 Å². The molecule has 3 N–H and O–H groups in total. The molecule has 0 radical (unpaired) electrons. The molecule has 1 unspecified atom stereocenters. The number of aromatic nitrogens is 3. The number of carbonyl (C=O) groups is 1. The van der Waals surface area contributed by atoms with Crippen molar-refractivity contribution in [2.24, 2.45) is 12.5 Å². The fourth-order valence-electron chi connectivity index (χ4n) is 5.05. The minimum Gasteiger partial charge on any atom is -0.465 e. The van der Waals surface area contributed by atoms with Crippen LogP contribution in [0, 0.1) is 28.9 Å². The molecule has 0 aliphatic heterocycles. The van der Waals surface area contributed by atoms with Crippen molar-refractivity contribution in [1.82, 2.24) is 19.7 Å². The Balaban J connectivity index is 2.09. The number of halogens is 3. The van der Waals surface area contributed by atoms with Gasteiger partial charge in [0.2, 0.25) is 0 Å². The van der Waals surface area contributed by atoms with Gasteiger partial charge in [-0.15, -0.1) is 0 Å². The Kier molecular flexibility index (Phi) is 8.25. The Morgan fingerprint density at radius 2 is 1.69 bits per heavy atom. The molecule has 2 aromatic carbocycles. The van der Waals surface area contributed by atoms with Crippen molar-refractivity contribution in [3.05, 3.63) is 76.1 Å². The van der Waals surface area contributed by atoms with E-state index in [1.165, 1.54) is 17.0 Å². The second-order valence-electron chi connectivity index (χ2n) is 12.3. The molecule has 1 atom stereocenters. The van der Waals surface area contributed by atoms with Crippen LogP contribution in [0.5, 0.6) is 0 Å². The summed E-state index contributed by atoms with van der Waals surface area (Å²) in [4.78, 5) is 19.0. The molecule has 220 valence electrons. The molecule has 1 amide bonds. The van der Waals surface area contributed by atoms with Gasteiger partial charge in [0.05, 0.1) is 27.7 Å². The normalized spacial score (nSPS) is 12.6. The highest BCUT2D eigenvalue weighted by molar-refractivity contribution is 6.37. The maximum atomic E-state index is 14.3. The Morgan fingerprint density at radius 3 is 2.26 bits per heavy atom. The number of benzene rings is 2. The topological polar surface area (TPSA) is 97.3 Å². The summed E-state index contributed by atoms with van der Waals surface area (Å²) in [5.74, 6) is 5.00. The number of hydrogen-bond donors (Lipinski definition) is 2. The minimum absolute atomic E-state index is 0.0569. The summed E-state index contributed by atoms with van der Waals surface area (Å²) in [6.07, 6.45) is -1.27. The van der Waals surface area contributed by atoms with Crippen molar-refractivity contribution in [1.29, 1.82) is 0 Å². The zero-order chi connectivity index (χ0) is 31.1. The number of aryl methyl sites for hydroxylation is 1. The van der Waals surface area contributed by atoms with Crippen LogP contribution in [0.1, 0.15) is 64.5 Å². The number of nitrogens with two attached hydrogens (primary N) is 1. The van der Waals surface area contributed by atoms with Crippen LogP contribution in [0.2, 0.25) is 5.02 Å². The van der Waals surface area contributed by atoms with E-state index in [0.717, 1.165) is 6.07 Å². The molecule has 10 heteroatoms. The van der Waals surface area contributed by atoms with Crippen molar-refractivity contribution in [3.63, 3.8) is 0 Å². The molecule has 0 spiro atoms. The van der Waals surface area contributed by atoms with Crippen LogP contribution in [-0.2, 0) is 13.5 Å². The maximum Gasteiger partial charge on any atom is 0.408 e. The van der Waals surface area contributed by atoms with Crippen LogP contribution < -0.4 is 5.73 Å². The number of pyridine rings is 1. The smallest absolute Gasteiger partial charge is 0.408 e. The largest absolute Gasteiger partial charge is 0.465 e. The summed E-state index contributed by atoms with van der Waals surface area (Å²) in [7, 11) is 1.74. The van der Waals surface area contributed by atoms with E-state index in [1.54, 1.807) is 50.7 Å². The number of rotatable bonds is 5. The van der Waals surface area contributed by atoms with Gasteiger partial charge in [0.1, 0.15) is 17.3 Å². The number of amides is 1. The Labute approximate surface area is 249 Å². The molecule has 0 bridgehead atoms. The predicted octanol–water partition coefficient (Wildman–Crippen LogP) is 7.61. The first kappa shape index (κ1) is 30.8. The lowest BCUT2D eigenvalue weighted by molar-refractivity contribution is 0.0684. The van der Waals surface area contributed by atoms with Crippen molar-refractivity contribution in [2.75, 3.05) is 5.73 Å². The Morgan fingerprint density at radius 1 is 1.07 bits per heavy atom. The first-order valence-corrected chi connectivity index (χ1v) is 13.8. The van der Waals surface area contributed by atoms with E-state index in [2.05, 4.69) is 16.9 Å². The number of nitrogens with zero attached hydrogens (tertiary/aromatic N) is 4. The maximum absolute atomic E-state index is 14.3. The van der Waals surface area contributed by atoms with E-state index in [1.807, 2.05) is 26.8 Å². The molecule has 0 aliphatic rings. The Hall–Kier alpha value is -4.16. The highest BCUT2D eigenvalue weighted by Crippen LogP contribution is 2.41. The van der Waals surface area contributed by atoms with E-state index in [0.29, 0.717) is 38.4 Å². The van der Waals surface area contributed by atoms with Crippen LogP contribution in [-0.4, -0.2) is 36.4 Å². The molecule has 7 nitrogen and oxygen atoms in total. The van der Waals surface area contributed by atoms with Gasteiger partial charge >= 0.3 is 6.09 Å². The van der Waals surface area contributed by atoms with E-state index in [4.69, 9.17) is 22.3 Å². The highest BCUT2D eigenvalue weighted by Gasteiger charge is 2.37. The van der Waals surface area contributed by atoms with Gasteiger partial charge in [0.15, 0.2) is 5.82 Å². The predicted molar refractivity (Wildman–Crippen MR) is 162 cm³/mol. The summed E-state index contributed by atoms with van der Waals surface area (Å²) in [5, 5.41) is 15.8. The van der Waals surface area contributed by atoms with Gasteiger partial charge in [-0.2, -0.15) is 5.10 Å². The molecule has 0 saturated heterocycles. The monoisotopic (exact) mass is 593 g/mol. The highest BCUT2D eigenvalue weighted by atomic mass is 35.5. The first-order valence-electron chi connectivity index (χ1n) is 13.4. The average molecular weight is 594 g/mol. The number of hydrogen-bond acceptors (Lipinski definition) is 4. The summed E-state index contributed by atoms with van der Waals surface area (Å²) in [6.45, 7) is 11.2. The van der Waals surface area contributed by atoms with Gasteiger partial charge in [0, 0.05) is 35.2 Å². The summed E-state index contributed by atoms with van der Waals surface area (Å²) in [6, 6.07) is 9.29. The van der Waals surface area contributed by atoms with Crippen molar-refractivity contribution < 1.29 is 18.7 Å². The van der Waals surface area contributed by atoms with Crippen LogP contribution in [0.3, 0.4) is 0 Å². The van der Waals surface area contributed by atoms with Gasteiger partial charge in [-0.25, -0.2) is 18.6 Å². The zero-order valence-electron chi connectivity index (χ0n) is 24.7. The second-order valence-corrected chi connectivity index (χ2v) is 12.7. The lowest BCUT2D eigenvalue weighted by Crippen LogP contribution is -2.48. The van der Waals surface area contributed by atoms with Gasteiger partial charge < -0.3 is 10.8 Å². The van der Waals surface area contributed by atoms with E-state index in [-0.39, 0.29) is 23.2 Å². The second kappa shape index (κ2) is 11.3. The molecule has 2 aromatic heterocycles. The molecule has 2 heterocycles. The van der Waals surface area contributed by atoms with E-state index in [9.17, 15) is 18.7 Å². The summed E-state index contributed by atoms with van der Waals surface area (Å²) in [5.41, 5.74) is 7.90. The quantitative estimate of drug-likeness (QED) is 0.232. The fraction of sp³-hybridized carbons (Fsp3) is 0.344. The van der Waals surface area contributed by atoms with Gasteiger partial charge in [0.25, 0.3) is 0 Å². The first-order chi connectivity index (χ1) is 19.5.